The first kappa shape index (κ1) is 16.9. The SMILES string of the molecule is CCOC(C)(C)OC(C)C1OC(C)(C)OC1(C)CO. The van der Waals surface area contributed by atoms with Gasteiger partial charge < -0.3 is 24.1 Å². The van der Waals surface area contributed by atoms with E-state index in [-0.39, 0.29) is 18.8 Å². The topological polar surface area (TPSA) is 57.2 Å². The summed E-state index contributed by atoms with van der Waals surface area (Å²) in [6.07, 6.45) is -0.618. The summed E-state index contributed by atoms with van der Waals surface area (Å²) in [5.41, 5.74) is -0.773. The molecular weight excluding hydrogens is 248 g/mol. The highest BCUT2D eigenvalue weighted by Gasteiger charge is 2.53. The zero-order valence-corrected chi connectivity index (χ0v) is 13.1. The Hall–Kier alpha value is -0.200. The van der Waals surface area contributed by atoms with E-state index in [9.17, 15) is 5.11 Å². The standard InChI is InChI=1S/C14H28O5/c1-8-16-12(3,4)17-10(2)11-14(7,9-15)19-13(5,6)18-11/h10-11,15H,8-9H2,1-7H3. The zero-order chi connectivity index (χ0) is 14.9. The lowest BCUT2D eigenvalue weighted by Crippen LogP contribution is -2.49. The van der Waals surface area contributed by atoms with Crippen LogP contribution in [-0.4, -0.2) is 47.7 Å². The van der Waals surface area contributed by atoms with Gasteiger partial charge >= 0.3 is 0 Å². The fourth-order valence-corrected chi connectivity index (χ4v) is 2.68. The van der Waals surface area contributed by atoms with E-state index in [0.29, 0.717) is 6.61 Å². The van der Waals surface area contributed by atoms with Crippen LogP contribution in [0.3, 0.4) is 0 Å². The molecule has 1 fully saturated rings. The van der Waals surface area contributed by atoms with Crippen molar-refractivity contribution < 1.29 is 24.1 Å². The fraction of sp³-hybridized carbons (Fsp3) is 1.00. The quantitative estimate of drug-likeness (QED) is 0.753. The maximum Gasteiger partial charge on any atom is 0.164 e. The van der Waals surface area contributed by atoms with Gasteiger partial charge in [0.05, 0.1) is 12.7 Å². The van der Waals surface area contributed by atoms with Crippen molar-refractivity contribution in [1.82, 2.24) is 0 Å². The number of ether oxygens (including phenoxy) is 4. The molecule has 114 valence electrons. The number of hydrogen-bond donors (Lipinski definition) is 1. The Bertz CT molecular complexity index is 302. The van der Waals surface area contributed by atoms with Gasteiger partial charge in [-0.15, -0.1) is 0 Å². The van der Waals surface area contributed by atoms with Crippen LogP contribution in [0.5, 0.6) is 0 Å². The molecule has 0 aromatic carbocycles. The summed E-state index contributed by atoms with van der Waals surface area (Å²) in [4.78, 5) is 0. The summed E-state index contributed by atoms with van der Waals surface area (Å²) < 4.78 is 23.1. The Labute approximate surface area is 116 Å². The zero-order valence-electron chi connectivity index (χ0n) is 13.1. The number of aliphatic hydroxyl groups excluding tert-OH is 1. The third-order valence-corrected chi connectivity index (χ3v) is 3.19. The Morgan fingerprint density at radius 1 is 1.32 bits per heavy atom. The Morgan fingerprint density at radius 2 is 1.89 bits per heavy atom. The molecule has 1 aliphatic rings. The molecule has 0 bridgehead atoms. The molecule has 0 amide bonds. The largest absolute Gasteiger partial charge is 0.393 e. The molecule has 1 N–H and O–H groups in total. The van der Waals surface area contributed by atoms with Crippen LogP contribution in [0, 0.1) is 0 Å². The molecular formula is C14H28O5. The van der Waals surface area contributed by atoms with E-state index in [0.717, 1.165) is 0 Å². The van der Waals surface area contributed by atoms with Crippen LogP contribution in [0.4, 0.5) is 0 Å². The maximum atomic E-state index is 9.59. The molecule has 0 spiro atoms. The molecule has 1 saturated heterocycles. The molecule has 5 heteroatoms. The van der Waals surface area contributed by atoms with Crippen molar-refractivity contribution in [3.8, 4) is 0 Å². The lowest BCUT2D eigenvalue weighted by atomic mass is 9.96. The first-order chi connectivity index (χ1) is 8.55. The van der Waals surface area contributed by atoms with Gasteiger partial charge in [0.1, 0.15) is 11.7 Å². The molecule has 5 nitrogen and oxygen atoms in total. The predicted octanol–water partition coefficient (Wildman–Crippen LogP) is 2.07. The van der Waals surface area contributed by atoms with Gasteiger partial charge in [0.25, 0.3) is 0 Å². The lowest BCUT2D eigenvalue weighted by molar-refractivity contribution is -0.254. The average molecular weight is 276 g/mol. The average Bonchev–Trinajstić information content (AvgIpc) is 2.49. The van der Waals surface area contributed by atoms with E-state index in [1.165, 1.54) is 0 Å². The van der Waals surface area contributed by atoms with Crippen LogP contribution < -0.4 is 0 Å². The Kier molecular flexibility index (Phi) is 5.02. The molecule has 0 saturated carbocycles. The second-order valence-electron chi connectivity index (χ2n) is 6.17. The van der Waals surface area contributed by atoms with Crippen LogP contribution >= 0.6 is 0 Å². The molecule has 0 aliphatic carbocycles. The summed E-state index contributed by atoms with van der Waals surface area (Å²) >= 11 is 0. The Balaban J connectivity index is 2.78. The van der Waals surface area contributed by atoms with Gasteiger partial charge in [0.2, 0.25) is 0 Å². The minimum absolute atomic E-state index is 0.121. The second-order valence-corrected chi connectivity index (χ2v) is 6.17. The monoisotopic (exact) mass is 276 g/mol. The van der Waals surface area contributed by atoms with Crippen LogP contribution in [0.15, 0.2) is 0 Å². The van der Waals surface area contributed by atoms with E-state index in [2.05, 4.69) is 0 Å². The lowest BCUT2D eigenvalue weighted by Gasteiger charge is -2.35. The molecule has 3 atom stereocenters. The molecule has 0 aromatic heterocycles. The van der Waals surface area contributed by atoms with Crippen molar-refractivity contribution >= 4 is 0 Å². The van der Waals surface area contributed by atoms with Crippen molar-refractivity contribution in [2.45, 2.75) is 77.8 Å². The summed E-state index contributed by atoms with van der Waals surface area (Å²) in [5.74, 6) is -1.42. The van der Waals surface area contributed by atoms with Crippen LogP contribution in [-0.2, 0) is 18.9 Å². The van der Waals surface area contributed by atoms with Crippen molar-refractivity contribution in [1.29, 1.82) is 0 Å². The fourth-order valence-electron chi connectivity index (χ4n) is 2.68. The van der Waals surface area contributed by atoms with Crippen LogP contribution in [0.25, 0.3) is 0 Å². The van der Waals surface area contributed by atoms with E-state index >= 15 is 0 Å². The normalized spacial score (nSPS) is 32.5. The van der Waals surface area contributed by atoms with E-state index in [4.69, 9.17) is 18.9 Å². The highest BCUT2D eigenvalue weighted by Crippen LogP contribution is 2.39. The number of hydrogen-bond acceptors (Lipinski definition) is 5. The first-order valence-corrected chi connectivity index (χ1v) is 6.86. The van der Waals surface area contributed by atoms with Gasteiger partial charge in [-0.25, -0.2) is 0 Å². The molecule has 3 unspecified atom stereocenters. The smallest absolute Gasteiger partial charge is 0.164 e. The Morgan fingerprint density at radius 3 is 2.37 bits per heavy atom. The maximum absolute atomic E-state index is 9.59. The summed E-state index contributed by atoms with van der Waals surface area (Å²) in [5, 5.41) is 9.59. The highest BCUT2D eigenvalue weighted by atomic mass is 16.8. The minimum atomic E-state index is -0.773. The summed E-state index contributed by atoms with van der Waals surface area (Å²) in [6.45, 7) is 13.5. The number of aliphatic hydroxyl groups is 1. The van der Waals surface area contributed by atoms with Gasteiger partial charge in [-0.1, -0.05) is 0 Å². The summed E-state index contributed by atoms with van der Waals surface area (Å²) in [7, 11) is 0. The van der Waals surface area contributed by atoms with Crippen molar-refractivity contribution in [2.24, 2.45) is 0 Å². The molecule has 1 rings (SSSR count). The third-order valence-electron chi connectivity index (χ3n) is 3.19. The summed E-state index contributed by atoms with van der Waals surface area (Å²) in [6, 6.07) is 0. The molecule has 1 heterocycles. The van der Waals surface area contributed by atoms with Gasteiger partial charge in [0.15, 0.2) is 11.6 Å². The van der Waals surface area contributed by atoms with E-state index in [1.807, 2.05) is 48.5 Å². The highest BCUT2D eigenvalue weighted by molar-refractivity contribution is 4.96. The first-order valence-electron chi connectivity index (χ1n) is 6.86. The van der Waals surface area contributed by atoms with Gasteiger partial charge in [0, 0.05) is 6.61 Å². The molecule has 0 radical (unpaired) electrons. The van der Waals surface area contributed by atoms with Crippen molar-refractivity contribution in [2.75, 3.05) is 13.2 Å². The van der Waals surface area contributed by atoms with E-state index in [1.54, 1.807) is 0 Å². The van der Waals surface area contributed by atoms with Crippen LogP contribution in [0.1, 0.15) is 48.5 Å². The van der Waals surface area contributed by atoms with Crippen LogP contribution in [0.2, 0.25) is 0 Å². The van der Waals surface area contributed by atoms with Gasteiger partial charge in [-0.05, 0) is 48.5 Å². The van der Waals surface area contributed by atoms with Gasteiger partial charge in [-0.2, -0.15) is 0 Å². The van der Waals surface area contributed by atoms with Crippen molar-refractivity contribution in [3.05, 3.63) is 0 Å². The van der Waals surface area contributed by atoms with Gasteiger partial charge in [-0.3, -0.25) is 0 Å². The minimum Gasteiger partial charge on any atom is -0.393 e. The van der Waals surface area contributed by atoms with Crippen molar-refractivity contribution in [3.63, 3.8) is 0 Å². The van der Waals surface area contributed by atoms with E-state index < -0.39 is 17.2 Å². The predicted molar refractivity (Wildman–Crippen MR) is 71.8 cm³/mol. The third kappa shape index (κ3) is 4.13. The number of rotatable bonds is 6. The second kappa shape index (κ2) is 5.66. The molecule has 19 heavy (non-hydrogen) atoms. The molecule has 0 aromatic rings. The molecule has 1 aliphatic heterocycles.